The number of benzene rings is 1. The molecule has 1 unspecified atom stereocenters. The second kappa shape index (κ2) is 4.02. The van der Waals surface area contributed by atoms with Crippen LogP contribution in [0.15, 0.2) is 28.7 Å². The summed E-state index contributed by atoms with van der Waals surface area (Å²) >= 11 is 3.58. The Labute approximate surface area is 113 Å². The zero-order valence-electron chi connectivity index (χ0n) is 9.93. The predicted molar refractivity (Wildman–Crippen MR) is 72.8 cm³/mol. The van der Waals surface area contributed by atoms with Crippen LogP contribution in [0, 0.1) is 0 Å². The van der Waals surface area contributed by atoms with Crippen LogP contribution in [0.5, 0.6) is 0 Å². The third kappa shape index (κ3) is 1.61. The minimum atomic E-state index is -0.850. The number of nitrogens with zero attached hydrogens (tertiary/aromatic N) is 2. The summed E-state index contributed by atoms with van der Waals surface area (Å²) in [6.07, 6.45) is -0.850. The molecule has 4 nitrogen and oxygen atoms in total. The van der Waals surface area contributed by atoms with E-state index in [9.17, 15) is 4.79 Å². The van der Waals surface area contributed by atoms with Crippen molar-refractivity contribution in [3.05, 3.63) is 34.4 Å². The van der Waals surface area contributed by atoms with E-state index in [-0.39, 0.29) is 6.04 Å². The number of carboxylic acid groups (broad SMARTS) is 1. The fraction of sp³-hybridized carbons (Fsp3) is 0.308. The number of hydrogen-bond acceptors (Lipinski definition) is 1. The fourth-order valence-electron chi connectivity index (χ4n) is 2.73. The van der Waals surface area contributed by atoms with Crippen LogP contribution in [-0.4, -0.2) is 27.2 Å². The lowest BCUT2D eigenvalue weighted by atomic mass is 10.2. The number of amides is 1. The number of fused-ring (bicyclic) bond motifs is 3. The molecule has 2 heterocycles. The second-order valence-electron chi connectivity index (χ2n) is 4.70. The van der Waals surface area contributed by atoms with Crippen molar-refractivity contribution in [3.63, 3.8) is 0 Å². The summed E-state index contributed by atoms with van der Waals surface area (Å²) in [5.74, 6) is 0. The van der Waals surface area contributed by atoms with Gasteiger partial charge in [-0.05, 0) is 35.0 Å². The van der Waals surface area contributed by atoms with Crippen LogP contribution in [0.4, 0.5) is 4.79 Å². The van der Waals surface area contributed by atoms with E-state index in [1.165, 1.54) is 4.90 Å². The molecule has 0 aliphatic carbocycles. The number of aromatic nitrogens is 1. The van der Waals surface area contributed by atoms with Gasteiger partial charge >= 0.3 is 6.09 Å². The first kappa shape index (κ1) is 11.6. The molecular weight excluding hydrogens is 296 g/mol. The van der Waals surface area contributed by atoms with E-state index < -0.39 is 6.09 Å². The van der Waals surface area contributed by atoms with Gasteiger partial charge in [-0.2, -0.15) is 0 Å². The molecule has 0 saturated heterocycles. The Kier molecular flexibility index (Phi) is 2.59. The molecule has 0 radical (unpaired) electrons. The van der Waals surface area contributed by atoms with Crippen molar-refractivity contribution in [1.82, 2.24) is 9.47 Å². The summed E-state index contributed by atoms with van der Waals surface area (Å²) in [5, 5.41) is 10.3. The molecule has 1 atom stereocenters. The first-order valence-corrected chi connectivity index (χ1v) is 6.63. The molecule has 3 rings (SSSR count). The quantitative estimate of drug-likeness (QED) is 0.810. The zero-order valence-corrected chi connectivity index (χ0v) is 11.5. The largest absolute Gasteiger partial charge is 0.465 e. The lowest BCUT2D eigenvalue weighted by Crippen LogP contribution is -2.39. The topological polar surface area (TPSA) is 45.5 Å². The van der Waals surface area contributed by atoms with Crippen molar-refractivity contribution in [2.24, 2.45) is 0 Å². The monoisotopic (exact) mass is 308 g/mol. The van der Waals surface area contributed by atoms with Gasteiger partial charge in [-0.1, -0.05) is 12.1 Å². The Morgan fingerprint density at radius 2 is 2.28 bits per heavy atom. The molecule has 1 N–H and O–H groups in total. The number of halogens is 1. The molecule has 1 aliphatic heterocycles. The van der Waals surface area contributed by atoms with Crippen molar-refractivity contribution in [3.8, 4) is 0 Å². The smallest absolute Gasteiger partial charge is 0.407 e. The number of rotatable bonds is 0. The predicted octanol–water partition coefficient (Wildman–Crippen LogP) is 3.46. The molecule has 0 bridgehead atoms. The van der Waals surface area contributed by atoms with E-state index in [4.69, 9.17) is 5.11 Å². The van der Waals surface area contributed by atoms with Crippen molar-refractivity contribution in [2.75, 3.05) is 6.54 Å². The molecule has 0 fully saturated rings. The third-order valence-electron chi connectivity index (χ3n) is 3.44. The Hall–Kier alpha value is -1.49. The molecule has 1 aliphatic rings. The Balaban J connectivity index is 2.20. The highest BCUT2D eigenvalue weighted by Crippen LogP contribution is 2.33. The van der Waals surface area contributed by atoms with E-state index in [0.717, 1.165) is 21.1 Å². The van der Waals surface area contributed by atoms with Gasteiger partial charge in [0.2, 0.25) is 0 Å². The highest BCUT2D eigenvalue weighted by atomic mass is 79.9. The number of carbonyl (C=O) groups is 1. The summed E-state index contributed by atoms with van der Waals surface area (Å²) in [6.45, 7) is 3.05. The Morgan fingerprint density at radius 3 is 3.00 bits per heavy atom. The maximum Gasteiger partial charge on any atom is 0.407 e. The van der Waals surface area contributed by atoms with Crippen molar-refractivity contribution in [2.45, 2.75) is 19.5 Å². The molecule has 5 heteroatoms. The van der Waals surface area contributed by atoms with Crippen molar-refractivity contribution < 1.29 is 9.90 Å². The van der Waals surface area contributed by atoms with Crippen LogP contribution in [0.25, 0.3) is 10.9 Å². The van der Waals surface area contributed by atoms with Gasteiger partial charge in [-0.25, -0.2) is 4.79 Å². The lowest BCUT2D eigenvalue weighted by Gasteiger charge is -2.32. The molecule has 1 aromatic heterocycles. The van der Waals surface area contributed by atoms with Crippen LogP contribution < -0.4 is 0 Å². The van der Waals surface area contributed by atoms with Gasteiger partial charge in [-0.3, -0.25) is 0 Å². The van der Waals surface area contributed by atoms with Crippen molar-refractivity contribution in [1.29, 1.82) is 0 Å². The average Bonchev–Trinajstić information content (AvgIpc) is 2.68. The molecular formula is C13H13BrN2O2. The summed E-state index contributed by atoms with van der Waals surface area (Å²) in [5.41, 5.74) is 2.21. The standard InChI is InChI=1S/C13H13BrN2O2/c1-8-6-15(13(17)18)7-10-5-9-3-2-4-11(14)12(9)16(8)10/h2-5,8H,6-7H2,1H3,(H,17,18). The summed E-state index contributed by atoms with van der Waals surface area (Å²) < 4.78 is 3.29. The van der Waals surface area contributed by atoms with Crippen LogP contribution in [0.3, 0.4) is 0 Å². The molecule has 94 valence electrons. The van der Waals surface area contributed by atoms with Gasteiger partial charge in [0.15, 0.2) is 0 Å². The normalized spacial score (nSPS) is 19.0. The number of hydrogen-bond donors (Lipinski definition) is 1. The molecule has 1 aromatic carbocycles. The summed E-state index contributed by atoms with van der Waals surface area (Å²) in [6, 6.07) is 8.31. The van der Waals surface area contributed by atoms with E-state index >= 15 is 0 Å². The first-order chi connectivity index (χ1) is 8.58. The first-order valence-electron chi connectivity index (χ1n) is 5.84. The van der Waals surface area contributed by atoms with Crippen LogP contribution in [0.2, 0.25) is 0 Å². The van der Waals surface area contributed by atoms with Gasteiger partial charge in [0.1, 0.15) is 0 Å². The van der Waals surface area contributed by atoms with Gasteiger partial charge in [0.05, 0.1) is 12.1 Å². The average molecular weight is 309 g/mol. The maximum atomic E-state index is 11.1. The molecule has 1 amide bonds. The Bertz CT molecular complexity index is 635. The van der Waals surface area contributed by atoms with E-state index in [0.29, 0.717) is 13.1 Å². The highest BCUT2D eigenvalue weighted by Gasteiger charge is 2.27. The highest BCUT2D eigenvalue weighted by molar-refractivity contribution is 9.10. The van der Waals surface area contributed by atoms with E-state index in [1.807, 2.05) is 12.1 Å². The molecule has 18 heavy (non-hydrogen) atoms. The van der Waals surface area contributed by atoms with E-state index in [2.05, 4.69) is 39.6 Å². The van der Waals surface area contributed by atoms with Crippen molar-refractivity contribution >= 4 is 32.9 Å². The van der Waals surface area contributed by atoms with Crippen LogP contribution in [-0.2, 0) is 6.54 Å². The SMILES string of the molecule is CC1CN(C(=O)O)Cc2cc3cccc(Br)c3n21. The number of para-hydroxylation sites is 1. The third-order valence-corrected chi connectivity index (χ3v) is 4.08. The molecule has 0 spiro atoms. The van der Waals surface area contributed by atoms with Crippen LogP contribution >= 0.6 is 15.9 Å². The maximum absolute atomic E-state index is 11.1. The minimum Gasteiger partial charge on any atom is -0.465 e. The van der Waals surface area contributed by atoms with E-state index in [1.54, 1.807) is 0 Å². The Morgan fingerprint density at radius 1 is 1.50 bits per heavy atom. The van der Waals surface area contributed by atoms with Gasteiger partial charge < -0.3 is 14.6 Å². The van der Waals surface area contributed by atoms with Gasteiger partial charge in [0.25, 0.3) is 0 Å². The summed E-state index contributed by atoms with van der Waals surface area (Å²) in [7, 11) is 0. The minimum absolute atomic E-state index is 0.154. The molecule has 2 aromatic rings. The molecule has 0 saturated carbocycles. The fourth-order valence-corrected chi connectivity index (χ4v) is 3.30. The summed E-state index contributed by atoms with van der Waals surface area (Å²) in [4.78, 5) is 12.6. The zero-order chi connectivity index (χ0) is 12.9. The van der Waals surface area contributed by atoms with Gasteiger partial charge in [0, 0.05) is 28.1 Å². The van der Waals surface area contributed by atoms with Gasteiger partial charge in [-0.15, -0.1) is 0 Å². The van der Waals surface area contributed by atoms with Crippen LogP contribution in [0.1, 0.15) is 18.7 Å². The lowest BCUT2D eigenvalue weighted by molar-refractivity contribution is 0.126. The second-order valence-corrected chi connectivity index (χ2v) is 5.55.